The maximum absolute atomic E-state index is 15.0. The minimum Gasteiger partial charge on any atom is -0.480 e. The number of benzene rings is 2. The molecule has 2 aromatic carbocycles. The lowest BCUT2D eigenvalue weighted by Gasteiger charge is -2.38. The first kappa shape index (κ1) is 17.6. The third-order valence-corrected chi connectivity index (χ3v) is 6.45. The van der Waals surface area contributed by atoms with Crippen LogP contribution in [0, 0.1) is 5.82 Å². The van der Waals surface area contributed by atoms with Gasteiger partial charge in [0.15, 0.2) is 6.10 Å². The molecule has 148 valence electrons. The van der Waals surface area contributed by atoms with Crippen molar-refractivity contribution in [1.82, 2.24) is 20.2 Å². The van der Waals surface area contributed by atoms with Crippen molar-refractivity contribution in [2.24, 2.45) is 0 Å². The van der Waals surface area contributed by atoms with Crippen LogP contribution in [0.4, 0.5) is 10.3 Å². The molecule has 6 nitrogen and oxygen atoms in total. The first-order chi connectivity index (χ1) is 14.7. The lowest BCUT2D eigenvalue weighted by molar-refractivity contribution is 0.225. The summed E-state index contributed by atoms with van der Waals surface area (Å²) in [7, 11) is 0. The number of hydrogen-bond acceptors (Lipinski definition) is 6. The largest absolute Gasteiger partial charge is 0.480 e. The van der Waals surface area contributed by atoms with Crippen LogP contribution in [0.3, 0.4) is 0 Å². The highest BCUT2D eigenvalue weighted by Crippen LogP contribution is 2.51. The molecule has 4 aromatic rings. The summed E-state index contributed by atoms with van der Waals surface area (Å²) in [6.07, 6.45) is -0.428. The number of rotatable bonds is 2. The number of hydrogen-bond donors (Lipinski definition) is 1. The molecule has 0 saturated carbocycles. The maximum atomic E-state index is 15.0. The normalized spacial score (nSPS) is 19.4. The molecule has 4 heterocycles. The second kappa shape index (κ2) is 6.65. The van der Waals surface area contributed by atoms with Gasteiger partial charge in [0, 0.05) is 26.6 Å². The minimum atomic E-state index is -0.577. The Morgan fingerprint density at radius 1 is 1.13 bits per heavy atom. The fourth-order valence-corrected chi connectivity index (χ4v) is 4.98. The summed E-state index contributed by atoms with van der Waals surface area (Å²) in [6, 6.07) is 15.5. The number of thiophene rings is 1. The highest BCUT2D eigenvalue weighted by atomic mass is 35.5. The molecule has 2 aliphatic heterocycles. The lowest BCUT2D eigenvalue weighted by Crippen LogP contribution is -2.32. The minimum absolute atomic E-state index is 0.334. The second-order valence-electron chi connectivity index (χ2n) is 6.98. The molecule has 1 N–H and O–H groups in total. The van der Waals surface area contributed by atoms with Gasteiger partial charge >= 0.3 is 0 Å². The second-order valence-corrected chi connectivity index (χ2v) is 8.40. The van der Waals surface area contributed by atoms with E-state index in [1.807, 2.05) is 29.6 Å². The smallest absolute Gasteiger partial charge is 0.248 e. The average Bonchev–Trinajstić information content (AvgIpc) is 3.44. The van der Waals surface area contributed by atoms with E-state index >= 15 is 0 Å². The molecule has 0 radical (unpaired) electrons. The van der Waals surface area contributed by atoms with Crippen molar-refractivity contribution in [3.63, 3.8) is 0 Å². The maximum Gasteiger partial charge on any atom is 0.248 e. The van der Waals surface area contributed by atoms with E-state index in [0.717, 1.165) is 21.7 Å². The van der Waals surface area contributed by atoms with Crippen molar-refractivity contribution in [2.75, 3.05) is 5.32 Å². The quantitative estimate of drug-likeness (QED) is 0.473. The van der Waals surface area contributed by atoms with E-state index in [2.05, 4.69) is 20.8 Å². The van der Waals surface area contributed by atoms with Crippen molar-refractivity contribution in [3.05, 3.63) is 92.4 Å². The fourth-order valence-electron chi connectivity index (χ4n) is 4.04. The van der Waals surface area contributed by atoms with Gasteiger partial charge in [-0.3, -0.25) is 0 Å². The van der Waals surface area contributed by atoms with Crippen LogP contribution in [-0.4, -0.2) is 20.2 Å². The highest BCUT2D eigenvalue weighted by molar-refractivity contribution is 7.10. The van der Waals surface area contributed by atoms with Crippen LogP contribution in [0.5, 0.6) is 5.75 Å². The molecule has 0 spiro atoms. The van der Waals surface area contributed by atoms with Crippen LogP contribution in [0.2, 0.25) is 5.02 Å². The zero-order valence-corrected chi connectivity index (χ0v) is 16.9. The monoisotopic (exact) mass is 437 g/mol. The SMILES string of the molecule is Fc1ccccc1[C@@H]1C2=C(Nc3nnnn31)c1cc(Cl)ccc1O[C@H]2c1cccs1. The standard InChI is InChI=1S/C21H13ClFN5OS/c22-11-7-8-15-13(10-11)18-17(20(29-15)16-6-3-9-30-16)19(12-4-1-2-5-14(12)23)28-21(24-18)25-26-27-28/h1-10,19-20H,(H,24,25,27)/t19-,20+/m1/s1. The average molecular weight is 438 g/mol. The molecule has 9 heteroatoms. The first-order valence-corrected chi connectivity index (χ1v) is 10.5. The molecule has 0 unspecified atom stereocenters. The number of halogens is 2. The Bertz CT molecular complexity index is 1300. The topological polar surface area (TPSA) is 64.9 Å². The number of tetrazole rings is 1. The Labute approximate surface area is 179 Å². The zero-order chi connectivity index (χ0) is 20.2. The van der Waals surface area contributed by atoms with Crippen molar-refractivity contribution in [1.29, 1.82) is 0 Å². The molecule has 0 fully saturated rings. The van der Waals surface area contributed by atoms with E-state index < -0.39 is 12.1 Å². The number of anilines is 1. The van der Waals surface area contributed by atoms with Gasteiger partial charge in [-0.25, -0.2) is 4.39 Å². The highest BCUT2D eigenvalue weighted by Gasteiger charge is 2.42. The van der Waals surface area contributed by atoms with E-state index in [0.29, 0.717) is 22.3 Å². The van der Waals surface area contributed by atoms with Gasteiger partial charge in [0.05, 0.1) is 5.70 Å². The van der Waals surface area contributed by atoms with Gasteiger partial charge in [-0.15, -0.1) is 11.3 Å². The molecular weight excluding hydrogens is 425 g/mol. The zero-order valence-electron chi connectivity index (χ0n) is 15.3. The molecule has 0 amide bonds. The number of ether oxygens (including phenoxy) is 1. The predicted octanol–water partition coefficient (Wildman–Crippen LogP) is 5.09. The molecule has 2 aliphatic rings. The van der Waals surface area contributed by atoms with E-state index in [9.17, 15) is 4.39 Å². The van der Waals surface area contributed by atoms with Gasteiger partial charge in [-0.1, -0.05) is 41.0 Å². The van der Waals surface area contributed by atoms with Crippen LogP contribution in [0.1, 0.15) is 28.1 Å². The summed E-state index contributed by atoms with van der Waals surface area (Å²) in [5, 5.41) is 18.0. The van der Waals surface area contributed by atoms with Crippen LogP contribution in [-0.2, 0) is 0 Å². The van der Waals surface area contributed by atoms with Gasteiger partial charge in [0.25, 0.3) is 0 Å². The lowest BCUT2D eigenvalue weighted by atomic mass is 9.86. The third-order valence-electron chi connectivity index (χ3n) is 5.30. The van der Waals surface area contributed by atoms with E-state index in [1.54, 1.807) is 40.3 Å². The summed E-state index contributed by atoms with van der Waals surface area (Å²) in [5.74, 6) is 0.788. The van der Waals surface area contributed by atoms with Gasteiger partial charge in [-0.2, -0.15) is 4.68 Å². The predicted molar refractivity (Wildman–Crippen MR) is 112 cm³/mol. The van der Waals surface area contributed by atoms with Crippen LogP contribution in [0.15, 0.2) is 65.6 Å². The van der Waals surface area contributed by atoms with E-state index in [-0.39, 0.29) is 5.82 Å². The number of fused-ring (bicyclic) bond motifs is 3. The molecule has 2 aromatic heterocycles. The van der Waals surface area contributed by atoms with Crippen molar-refractivity contribution < 1.29 is 9.13 Å². The number of aromatic nitrogens is 4. The first-order valence-electron chi connectivity index (χ1n) is 9.24. The van der Waals surface area contributed by atoms with Gasteiger partial charge in [0.2, 0.25) is 5.95 Å². The number of nitrogens with one attached hydrogen (secondary N) is 1. The molecule has 0 bridgehead atoms. The summed E-state index contributed by atoms with van der Waals surface area (Å²) < 4.78 is 23.0. The van der Waals surface area contributed by atoms with E-state index in [4.69, 9.17) is 16.3 Å². The summed E-state index contributed by atoms with van der Waals surface area (Å²) in [4.78, 5) is 1.00. The van der Waals surface area contributed by atoms with Crippen LogP contribution < -0.4 is 10.1 Å². The Hall–Kier alpha value is -3.23. The molecular formula is C21H13ClFN5OS. The van der Waals surface area contributed by atoms with Crippen LogP contribution >= 0.6 is 22.9 Å². The molecule has 0 aliphatic carbocycles. The third kappa shape index (κ3) is 2.57. The van der Waals surface area contributed by atoms with Gasteiger partial charge in [-0.05, 0) is 46.1 Å². The molecule has 30 heavy (non-hydrogen) atoms. The van der Waals surface area contributed by atoms with Gasteiger partial charge < -0.3 is 10.1 Å². The summed E-state index contributed by atoms with van der Waals surface area (Å²) in [6.45, 7) is 0. The Kier molecular flexibility index (Phi) is 3.90. The Morgan fingerprint density at radius 2 is 2.03 bits per heavy atom. The Morgan fingerprint density at radius 3 is 2.87 bits per heavy atom. The summed E-state index contributed by atoms with van der Waals surface area (Å²) >= 11 is 7.87. The van der Waals surface area contributed by atoms with Crippen LogP contribution in [0.25, 0.3) is 5.70 Å². The van der Waals surface area contributed by atoms with Crippen molar-refractivity contribution >= 4 is 34.6 Å². The fraction of sp³-hybridized carbons (Fsp3) is 0.0952. The van der Waals surface area contributed by atoms with E-state index in [1.165, 1.54) is 6.07 Å². The van der Waals surface area contributed by atoms with Crippen molar-refractivity contribution in [3.8, 4) is 5.75 Å². The van der Waals surface area contributed by atoms with Gasteiger partial charge in [0.1, 0.15) is 17.6 Å². The molecule has 2 atom stereocenters. The Balaban J connectivity index is 1.67. The molecule has 6 rings (SSSR count). The summed E-state index contributed by atoms with van der Waals surface area (Å²) in [5.41, 5.74) is 2.88. The molecule has 0 saturated heterocycles. The van der Waals surface area contributed by atoms with Crippen molar-refractivity contribution in [2.45, 2.75) is 12.1 Å². The number of nitrogens with zero attached hydrogens (tertiary/aromatic N) is 4.